The van der Waals surface area contributed by atoms with Gasteiger partial charge in [-0.3, -0.25) is 25.0 Å². The average molecular weight is 473 g/mol. The fourth-order valence-electron chi connectivity index (χ4n) is 2.83. The van der Waals surface area contributed by atoms with Crippen LogP contribution in [0.3, 0.4) is 0 Å². The first-order valence-corrected chi connectivity index (χ1v) is 9.21. The van der Waals surface area contributed by atoms with Gasteiger partial charge >= 0.3 is 5.69 Å². The molecule has 0 unspecified atom stereocenters. The van der Waals surface area contributed by atoms with E-state index in [0.29, 0.717) is 6.07 Å². The summed E-state index contributed by atoms with van der Waals surface area (Å²) in [4.78, 5) is 32.4. The second-order valence-electron chi connectivity index (χ2n) is 6.14. The molecule has 2 N–H and O–H groups in total. The first-order valence-electron chi connectivity index (χ1n) is 8.41. The number of hydrogen-bond donors (Lipinski definition) is 2. The van der Waals surface area contributed by atoms with Crippen LogP contribution in [0.2, 0.25) is 0 Å². The largest absolute Gasteiger partial charge is 0.502 e. The second-order valence-corrected chi connectivity index (χ2v) is 6.99. The third-order valence-electron chi connectivity index (χ3n) is 4.22. The number of nitrogens with zero attached hydrogens (tertiary/aromatic N) is 3. The van der Waals surface area contributed by atoms with Crippen LogP contribution in [0.1, 0.15) is 11.1 Å². The van der Waals surface area contributed by atoms with Crippen LogP contribution in [0.15, 0.2) is 58.1 Å². The van der Waals surface area contributed by atoms with Crippen LogP contribution in [0, 0.1) is 20.2 Å². The van der Waals surface area contributed by atoms with Gasteiger partial charge in [-0.05, 0) is 22.4 Å². The molecule has 0 radical (unpaired) electrons. The Kier molecular flexibility index (Phi) is 6.02. The van der Waals surface area contributed by atoms with E-state index < -0.39 is 32.9 Å². The van der Waals surface area contributed by atoms with E-state index >= 15 is 0 Å². The van der Waals surface area contributed by atoms with Gasteiger partial charge in [0.25, 0.3) is 5.69 Å². The van der Waals surface area contributed by atoms with Crippen molar-refractivity contribution in [2.75, 3.05) is 0 Å². The normalized spacial score (nSPS) is 11.0. The van der Waals surface area contributed by atoms with E-state index in [-0.39, 0.29) is 12.0 Å². The maximum Gasteiger partial charge on any atom is 0.318 e. The lowest BCUT2D eigenvalue weighted by molar-refractivity contribution is -0.394. The zero-order valence-corrected chi connectivity index (χ0v) is 16.7. The summed E-state index contributed by atoms with van der Waals surface area (Å²) in [5.41, 5.74) is 1.31. The summed E-state index contributed by atoms with van der Waals surface area (Å²) < 4.78 is 0.892. The molecule has 0 aliphatic heterocycles. The van der Waals surface area contributed by atoms with Gasteiger partial charge in [0, 0.05) is 10.5 Å². The molecule has 11 heteroatoms. The summed E-state index contributed by atoms with van der Waals surface area (Å²) in [5, 5.41) is 37.3. The maximum absolute atomic E-state index is 12.3. The van der Waals surface area contributed by atoms with Crippen molar-refractivity contribution in [3.8, 4) is 5.75 Å². The number of phenolic OH excluding ortho intramolecular Hbond substituents is 1. The SMILES string of the molecule is O=C(Cc1ccc(Br)c2ccccc12)N/N=C\c1cc([N+](=O)[O-])cc([N+](=O)[O-])c1O. The van der Waals surface area contributed by atoms with E-state index in [0.717, 1.165) is 33.1 Å². The molecule has 0 spiro atoms. The summed E-state index contributed by atoms with van der Waals surface area (Å²) in [6.07, 6.45) is 0.916. The van der Waals surface area contributed by atoms with E-state index in [9.17, 15) is 30.1 Å². The van der Waals surface area contributed by atoms with Gasteiger partial charge < -0.3 is 5.11 Å². The minimum atomic E-state index is -0.948. The van der Waals surface area contributed by atoms with Crippen LogP contribution >= 0.6 is 15.9 Å². The fraction of sp³-hybridized carbons (Fsp3) is 0.0526. The molecular weight excluding hydrogens is 460 g/mol. The summed E-state index contributed by atoms with van der Waals surface area (Å²) in [5.74, 6) is -1.26. The summed E-state index contributed by atoms with van der Waals surface area (Å²) in [6, 6.07) is 12.7. The lowest BCUT2D eigenvalue weighted by atomic mass is 10.0. The zero-order chi connectivity index (χ0) is 21.8. The van der Waals surface area contributed by atoms with Crippen LogP contribution in [0.5, 0.6) is 5.75 Å². The average Bonchev–Trinajstić information content (AvgIpc) is 2.71. The Morgan fingerprint density at radius 3 is 2.47 bits per heavy atom. The number of carbonyl (C=O) groups excluding carboxylic acids is 1. The highest BCUT2D eigenvalue weighted by Crippen LogP contribution is 2.33. The Balaban J connectivity index is 1.79. The number of rotatable bonds is 6. The molecule has 10 nitrogen and oxygen atoms in total. The number of nitro benzene ring substituents is 2. The number of halogens is 1. The van der Waals surface area contributed by atoms with Crippen LogP contribution in [-0.4, -0.2) is 27.1 Å². The predicted molar refractivity (Wildman–Crippen MR) is 113 cm³/mol. The summed E-state index contributed by atoms with van der Waals surface area (Å²) in [6.45, 7) is 0. The van der Waals surface area contributed by atoms with Crippen LogP contribution in [0.25, 0.3) is 10.8 Å². The molecular formula is C19H13BrN4O6. The minimum absolute atomic E-state index is 0.00615. The molecule has 30 heavy (non-hydrogen) atoms. The van der Waals surface area contributed by atoms with E-state index in [1.54, 1.807) is 6.07 Å². The highest BCUT2D eigenvalue weighted by Gasteiger charge is 2.23. The molecule has 152 valence electrons. The highest BCUT2D eigenvalue weighted by molar-refractivity contribution is 9.10. The number of hydrogen-bond acceptors (Lipinski definition) is 7. The van der Waals surface area contributed by atoms with E-state index in [4.69, 9.17) is 0 Å². The van der Waals surface area contributed by atoms with Gasteiger partial charge in [0.1, 0.15) is 0 Å². The van der Waals surface area contributed by atoms with Crippen molar-refractivity contribution in [2.45, 2.75) is 6.42 Å². The number of nitrogens with one attached hydrogen (secondary N) is 1. The number of nitro groups is 2. The number of benzene rings is 3. The highest BCUT2D eigenvalue weighted by atomic mass is 79.9. The fourth-order valence-corrected chi connectivity index (χ4v) is 3.31. The summed E-state index contributed by atoms with van der Waals surface area (Å²) >= 11 is 3.46. The molecule has 3 rings (SSSR count). The Labute approximate surface area is 177 Å². The molecule has 0 fully saturated rings. The van der Waals surface area contributed by atoms with E-state index in [2.05, 4.69) is 26.5 Å². The predicted octanol–water partition coefficient (Wildman–Crippen LogP) is 3.82. The van der Waals surface area contributed by atoms with Gasteiger partial charge in [-0.25, -0.2) is 5.43 Å². The molecule has 3 aromatic carbocycles. The summed E-state index contributed by atoms with van der Waals surface area (Å²) in [7, 11) is 0. The Morgan fingerprint density at radius 2 is 1.80 bits per heavy atom. The molecule has 0 saturated carbocycles. The topological polar surface area (TPSA) is 148 Å². The monoisotopic (exact) mass is 472 g/mol. The maximum atomic E-state index is 12.3. The zero-order valence-electron chi connectivity index (χ0n) is 15.1. The van der Waals surface area contributed by atoms with Crippen LogP contribution < -0.4 is 5.43 Å². The number of phenols is 1. The van der Waals surface area contributed by atoms with Crippen LogP contribution in [-0.2, 0) is 11.2 Å². The third kappa shape index (κ3) is 4.41. The first kappa shape index (κ1) is 20.9. The number of aromatic hydroxyl groups is 1. The number of hydrazone groups is 1. The van der Waals surface area contributed by atoms with Crippen LogP contribution in [0.4, 0.5) is 11.4 Å². The Morgan fingerprint density at radius 1 is 1.10 bits per heavy atom. The molecule has 0 heterocycles. The van der Waals surface area contributed by atoms with Crippen molar-refractivity contribution in [3.63, 3.8) is 0 Å². The number of amides is 1. The molecule has 0 bridgehead atoms. The van der Waals surface area contributed by atoms with Gasteiger partial charge in [0.2, 0.25) is 11.7 Å². The van der Waals surface area contributed by atoms with Crippen molar-refractivity contribution < 1.29 is 19.7 Å². The third-order valence-corrected chi connectivity index (χ3v) is 4.91. The van der Waals surface area contributed by atoms with Crippen molar-refractivity contribution in [3.05, 3.63) is 84.4 Å². The van der Waals surface area contributed by atoms with Crippen molar-refractivity contribution in [1.29, 1.82) is 0 Å². The van der Waals surface area contributed by atoms with Gasteiger partial charge in [-0.2, -0.15) is 5.10 Å². The van der Waals surface area contributed by atoms with Gasteiger partial charge in [-0.15, -0.1) is 0 Å². The molecule has 0 saturated heterocycles. The molecule has 0 atom stereocenters. The van der Waals surface area contributed by atoms with Gasteiger partial charge in [0.05, 0.1) is 34.1 Å². The molecule has 1 amide bonds. The standard InChI is InChI=1S/C19H13BrN4O6/c20-16-6-5-11(14-3-1-2-4-15(14)16)8-18(25)22-21-10-12-7-13(23(27)28)9-17(19(12)26)24(29)30/h1-7,9-10,26H,8H2,(H,22,25)/b21-10-. The second kappa shape index (κ2) is 8.66. The smallest absolute Gasteiger partial charge is 0.318 e. The quantitative estimate of drug-likeness (QED) is 0.316. The molecule has 0 aromatic heterocycles. The Hall–Kier alpha value is -3.86. The number of fused-ring (bicyclic) bond motifs is 1. The number of carbonyl (C=O) groups is 1. The van der Waals surface area contributed by atoms with E-state index in [1.165, 1.54) is 0 Å². The lowest BCUT2D eigenvalue weighted by Gasteiger charge is -2.07. The lowest BCUT2D eigenvalue weighted by Crippen LogP contribution is -2.20. The van der Waals surface area contributed by atoms with E-state index in [1.807, 2.05) is 30.3 Å². The van der Waals surface area contributed by atoms with Crippen molar-refractivity contribution in [2.24, 2.45) is 5.10 Å². The minimum Gasteiger partial charge on any atom is -0.502 e. The van der Waals surface area contributed by atoms with Crippen molar-refractivity contribution >= 4 is 50.2 Å². The molecule has 0 aliphatic carbocycles. The molecule has 3 aromatic rings. The first-order chi connectivity index (χ1) is 14.3. The Bertz CT molecular complexity index is 1210. The van der Waals surface area contributed by atoms with Gasteiger partial charge in [0.15, 0.2) is 0 Å². The molecule has 0 aliphatic rings. The van der Waals surface area contributed by atoms with Crippen molar-refractivity contribution in [1.82, 2.24) is 5.43 Å². The number of non-ortho nitro benzene ring substituents is 1. The van der Waals surface area contributed by atoms with Gasteiger partial charge in [-0.1, -0.05) is 46.3 Å².